The molecule has 0 spiro atoms. The lowest BCUT2D eigenvalue weighted by Crippen LogP contribution is -2.36. The first kappa shape index (κ1) is 27.0. The van der Waals surface area contributed by atoms with E-state index < -0.39 is 5.97 Å². The second kappa shape index (κ2) is 14.7. The molecule has 0 heterocycles. The Hall–Kier alpha value is -0.850. The van der Waals surface area contributed by atoms with Gasteiger partial charge in [0.05, 0.1) is 20.0 Å². The predicted octanol–water partition coefficient (Wildman–Crippen LogP) is 2.50. The number of carboxylic acids is 1. The molecule has 0 bridgehead atoms. The van der Waals surface area contributed by atoms with Crippen LogP contribution in [-0.2, 0) is 14.3 Å². The Bertz CT molecular complexity index is 325. The molecule has 0 fully saturated rings. The van der Waals surface area contributed by atoms with Gasteiger partial charge in [-0.05, 0) is 48.7 Å². The van der Waals surface area contributed by atoms with E-state index >= 15 is 0 Å². The molecule has 0 aromatic carbocycles. The molecule has 0 aromatic heterocycles. The number of aliphatic carboxylic acids is 1. The summed E-state index contributed by atoms with van der Waals surface area (Å²) in [7, 11) is 5.35. The summed E-state index contributed by atoms with van der Waals surface area (Å²) in [6.45, 7) is 11.0. The number of carbonyl (C=O) groups excluding carboxylic acids is 1. The fraction of sp³-hybridized carbons (Fsp3) is 0.875. The van der Waals surface area contributed by atoms with Crippen molar-refractivity contribution in [2.45, 2.75) is 65.6 Å². The molecule has 1 N–H and O–H groups in total. The highest BCUT2D eigenvalue weighted by molar-refractivity contribution is 5.85. The standard InChI is InChI=1S/2C8H17NO2.ClH/c1-7(2)9(3)6-5-8(10)11-4;1-6(2)9(4)7(3)5-8(10)11;/h7H,5-6H2,1-4H3;6-7H,5H2,1-4H3,(H,10,11);1H. The number of nitrogens with zero attached hydrogens (tertiary/aromatic N) is 2. The molecule has 0 aliphatic carbocycles. The molecule has 0 saturated heterocycles. The summed E-state index contributed by atoms with van der Waals surface area (Å²) >= 11 is 0. The van der Waals surface area contributed by atoms with Crippen molar-refractivity contribution in [2.24, 2.45) is 0 Å². The molecule has 0 saturated carbocycles. The summed E-state index contributed by atoms with van der Waals surface area (Å²) in [6.07, 6.45) is 0.694. The van der Waals surface area contributed by atoms with E-state index in [4.69, 9.17) is 5.11 Å². The Balaban J connectivity index is -0.000000333. The largest absolute Gasteiger partial charge is 0.481 e. The van der Waals surface area contributed by atoms with Crippen LogP contribution in [0.3, 0.4) is 0 Å². The maximum absolute atomic E-state index is 10.7. The fourth-order valence-electron chi connectivity index (χ4n) is 1.53. The minimum absolute atomic E-state index is 0. The Kier molecular flexibility index (Phi) is 17.3. The quantitative estimate of drug-likeness (QED) is 0.675. The molecular weight excluding hydrogens is 320 g/mol. The summed E-state index contributed by atoms with van der Waals surface area (Å²) in [4.78, 5) is 25.2. The zero-order valence-corrected chi connectivity index (χ0v) is 16.6. The maximum Gasteiger partial charge on any atom is 0.306 e. The number of carbonyl (C=O) groups is 2. The molecule has 23 heavy (non-hydrogen) atoms. The molecule has 1 atom stereocenters. The van der Waals surface area contributed by atoms with Crippen molar-refractivity contribution in [3.05, 3.63) is 0 Å². The van der Waals surface area contributed by atoms with Gasteiger partial charge in [0.1, 0.15) is 0 Å². The van der Waals surface area contributed by atoms with E-state index in [1.54, 1.807) is 0 Å². The van der Waals surface area contributed by atoms with Crippen LogP contribution in [0.5, 0.6) is 0 Å². The van der Waals surface area contributed by atoms with Gasteiger partial charge in [-0.25, -0.2) is 0 Å². The van der Waals surface area contributed by atoms with Crippen LogP contribution >= 0.6 is 12.4 Å². The topological polar surface area (TPSA) is 70.1 Å². The maximum atomic E-state index is 10.7. The van der Waals surface area contributed by atoms with E-state index in [9.17, 15) is 9.59 Å². The summed E-state index contributed by atoms with van der Waals surface area (Å²) in [5, 5.41) is 8.49. The number of hydrogen-bond donors (Lipinski definition) is 1. The third-order valence-electron chi connectivity index (χ3n) is 3.76. The van der Waals surface area contributed by atoms with Gasteiger partial charge in [-0.15, -0.1) is 12.4 Å². The first-order valence-corrected chi connectivity index (χ1v) is 7.73. The normalized spacial score (nSPS) is 11.8. The van der Waals surface area contributed by atoms with E-state index in [-0.39, 0.29) is 30.8 Å². The highest BCUT2D eigenvalue weighted by atomic mass is 35.5. The Morgan fingerprint density at radius 2 is 1.52 bits per heavy atom. The molecule has 0 aliphatic heterocycles. The molecule has 0 aliphatic rings. The van der Waals surface area contributed by atoms with Crippen molar-refractivity contribution in [1.29, 1.82) is 0 Å². The van der Waals surface area contributed by atoms with E-state index in [0.29, 0.717) is 18.5 Å². The van der Waals surface area contributed by atoms with E-state index in [1.807, 2.05) is 25.9 Å². The van der Waals surface area contributed by atoms with Crippen LogP contribution in [0, 0.1) is 0 Å². The van der Waals surface area contributed by atoms with E-state index in [2.05, 4.69) is 37.3 Å². The minimum atomic E-state index is -0.731. The van der Waals surface area contributed by atoms with Crippen LogP contribution in [0.1, 0.15) is 47.5 Å². The van der Waals surface area contributed by atoms with Crippen LogP contribution < -0.4 is 0 Å². The zero-order chi connectivity index (χ0) is 17.9. The number of rotatable bonds is 8. The minimum Gasteiger partial charge on any atom is -0.481 e. The van der Waals surface area contributed by atoms with Crippen LogP contribution in [0.2, 0.25) is 0 Å². The van der Waals surface area contributed by atoms with Gasteiger partial charge in [0.25, 0.3) is 0 Å². The van der Waals surface area contributed by atoms with Gasteiger partial charge in [0, 0.05) is 24.7 Å². The summed E-state index contributed by atoms with van der Waals surface area (Å²) < 4.78 is 4.51. The summed E-state index contributed by atoms with van der Waals surface area (Å²) in [5.74, 6) is -0.873. The lowest BCUT2D eigenvalue weighted by molar-refractivity contribution is -0.141. The van der Waals surface area contributed by atoms with Gasteiger partial charge in [-0.2, -0.15) is 0 Å². The van der Waals surface area contributed by atoms with Gasteiger partial charge in [0.2, 0.25) is 0 Å². The number of halogens is 1. The van der Waals surface area contributed by atoms with Crippen molar-refractivity contribution < 1.29 is 19.4 Å². The van der Waals surface area contributed by atoms with Crippen molar-refractivity contribution >= 4 is 24.3 Å². The predicted molar refractivity (Wildman–Crippen MR) is 96.3 cm³/mol. The second-order valence-electron chi connectivity index (χ2n) is 6.11. The zero-order valence-electron chi connectivity index (χ0n) is 15.8. The highest BCUT2D eigenvalue weighted by Gasteiger charge is 2.14. The first-order chi connectivity index (χ1) is 10.0. The Morgan fingerprint density at radius 1 is 1.04 bits per heavy atom. The van der Waals surface area contributed by atoms with Crippen LogP contribution in [0.4, 0.5) is 0 Å². The number of carboxylic acid groups (broad SMARTS) is 1. The van der Waals surface area contributed by atoms with Crippen LogP contribution in [-0.4, -0.2) is 72.7 Å². The summed E-state index contributed by atoms with van der Waals surface area (Å²) in [5.41, 5.74) is 0. The summed E-state index contributed by atoms with van der Waals surface area (Å²) in [6, 6.07) is 1.01. The Labute approximate surface area is 147 Å². The average molecular weight is 355 g/mol. The average Bonchev–Trinajstić information content (AvgIpc) is 2.42. The lowest BCUT2D eigenvalue weighted by atomic mass is 10.2. The number of methoxy groups -OCH3 is 1. The number of esters is 1. The molecule has 140 valence electrons. The van der Waals surface area contributed by atoms with Crippen LogP contribution in [0.15, 0.2) is 0 Å². The second-order valence-corrected chi connectivity index (χ2v) is 6.11. The van der Waals surface area contributed by atoms with E-state index in [1.165, 1.54) is 7.11 Å². The molecule has 0 aromatic rings. The molecule has 1 unspecified atom stereocenters. The third-order valence-corrected chi connectivity index (χ3v) is 3.76. The Morgan fingerprint density at radius 3 is 1.83 bits per heavy atom. The molecule has 0 radical (unpaired) electrons. The molecule has 0 rings (SSSR count). The third kappa shape index (κ3) is 15.8. The number of hydrogen-bond acceptors (Lipinski definition) is 5. The van der Waals surface area contributed by atoms with Crippen molar-refractivity contribution in [2.75, 3.05) is 27.7 Å². The lowest BCUT2D eigenvalue weighted by Gasteiger charge is -2.27. The van der Waals surface area contributed by atoms with Crippen molar-refractivity contribution in [1.82, 2.24) is 9.80 Å². The van der Waals surface area contributed by atoms with Gasteiger partial charge >= 0.3 is 11.9 Å². The van der Waals surface area contributed by atoms with E-state index in [0.717, 1.165) is 6.54 Å². The fourth-order valence-corrected chi connectivity index (χ4v) is 1.53. The molecule has 7 heteroatoms. The van der Waals surface area contributed by atoms with Crippen molar-refractivity contribution in [3.8, 4) is 0 Å². The van der Waals surface area contributed by atoms with Gasteiger partial charge in [0.15, 0.2) is 0 Å². The smallest absolute Gasteiger partial charge is 0.306 e. The highest BCUT2D eigenvalue weighted by Crippen LogP contribution is 2.04. The van der Waals surface area contributed by atoms with Gasteiger partial charge in [-0.3, -0.25) is 9.59 Å². The van der Waals surface area contributed by atoms with Crippen molar-refractivity contribution in [3.63, 3.8) is 0 Å². The monoisotopic (exact) mass is 354 g/mol. The van der Waals surface area contributed by atoms with Gasteiger partial charge < -0.3 is 19.6 Å². The molecular formula is C16H35ClN2O4. The SMILES string of the molecule is CC(C)N(C)C(C)CC(=O)O.COC(=O)CCN(C)C(C)C.Cl. The molecule has 6 nitrogen and oxygen atoms in total. The van der Waals surface area contributed by atoms with Gasteiger partial charge in [-0.1, -0.05) is 0 Å². The molecule has 0 amide bonds. The van der Waals surface area contributed by atoms with Crippen LogP contribution in [0.25, 0.3) is 0 Å². The number of ether oxygens (including phenoxy) is 1. The first-order valence-electron chi connectivity index (χ1n) is 7.73.